The number of hydrogen-bond acceptors (Lipinski definition) is 3. The van der Waals surface area contributed by atoms with Gasteiger partial charge in [-0.2, -0.15) is 0 Å². The fourth-order valence-electron chi connectivity index (χ4n) is 3.02. The summed E-state index contributed by atoms with van der Waals surface area (Å²) in [6.07, 6.45) is 0. The van der Waals surface area contributed by atoms with Crippen LogP contribution in [-0.4, -0.2) is 23.8 Å². The van der Waals surface area contributed by atoms with Gasteiger partial charge in [0.25, 0.3) is 0 Å². The van der Waals surface area contributed by atoms with Crippen LogP contribution >= 0.6 is 0 Å². The van der Waals surface area contributed by atoms with Crippen LogP contribution in [0.3, 0.4) is 0 Å². The van der Waals surface area contributed by atoms with Gasteiger partial charge in [-0.3, -0.25) is 0 Å². The number of nitrogens with zero attached hydrogens (tertiary/aromatic N) is 1. The molecular formula is C20H21NO3. The van der Waals surface area contributed by atoms with Gasteiger partial charge in [0.15, 0.2) is 0 Å². The Kier molecular flexibility index (Phi) is 4.56. The van der Waals surface area contributed by atoms with Crippen LogP contribution in [0.25, 0.3) is 16.6 Å². The highest BCUT2D eigenvalue weighted by atomic mass is 16.5. The third kappa shape index (κ3) is 2.75. The van der Waals surface area contributed by atoms with E-state index in [1.54, 1.807) is 0 Å². The van der Waals surface area contributed by atoms with Gasteiger partial charge >= 0.3 is 5.97 Å². The van der Waals surface area contributed by atoms with Gasteiger partial charge in [0.05, 0.1) is 24.3 Å². The Hall–Kier alpha value is -2.75. The molecule has 0 saturated carbocycles. The second kappa shape index (κ2) is 6.79. The van der Waals surface area contributed by atoms with Crippen molar-refractivity contribution in [1.82, 2.24) is 4.57 Å². The van der Waals surface area contributed by atoms with Crippen molar-refractivity contribution in [1.29, 1.82) is 0 Å². The molecule has 0 saturated heterocycles. The van der Waals surface area contributed by atoms with Gasteiger partial charge in [0, 0.05) is 16.8 Å². The Morgan fingerprint density at radius 2 is 1.79 bits per heavy atom. The lowest BCUT2D eigenvalue weighted by Crippen LogP contribution is -2.07. The topological polar surface area (TPSA) is 40.5 Å². The van der Waals surface area contributed by atoms with Crippen LogP contribution in [-0.2, 0) is 4.74 Å². The number of rotatable bonds is 5. The number of benzene rings is 2. The smallest absolute Gasteiger partial charge is 0.340 e. The first kappa shape index (κ1) is 16.1. The lowest BCUT2D eigenvalue weighted by Gasteiger charge is -2.09. The zero-order chi connectivity index (χ0) is 17.1. The van der Waals surface area contributed by atoms with Crippen molar-refractivity contribution in [3.05, 3.63) is 59.8 Å². The highest BCUT2D eigenvalue weighted by Crippen LogP contribution is 2.32. The Bertz CT molecular complexity index is 865. The molecule has 0 aliphatic rings. The molecule has 0 fully saturated rings. The number of para-hydroxylation sites is 1. The van der Waals surface area contributed by atoms with Crippen LogP contribution in [0.2, 0.25) is 0 Å². The average molecular weight is 323 g/mol. The third-order valence-electron chi connectivity index (χ3n) is 3.98. The lowest BCUT2D eigenvalue weighted by molar-refractivity contribution is 0.0527. The first-order valence-corrected chi connectivity index (χ1v) is 8.17. The van der Waals surface area contributed by atoms with Gasteiger partial charge < -0.3 is 14.0 Å². The molecule has 124 valence electrons. The fraction of sp³-hybridized carbons (Fsp3) is 0.250. The van der Waals surface area contributed by atoms with Gasteiger partial charge in [-0.25, -0.2) is 4.79 Å². The molecule has 3 rings (SSSR count). The Labute approximate surface area is 141 Å². The molecule has 0 atom stereocenters. The summed E-state index contributed by atoms with van der Waals surface area (Å²) in [5, 5.41) is 0.848. The molecule has 0 spiro atoms. The maximum atomic E-state index is 12.5. The minimum atomic E-state index is -0.302. The molecule has 1 heterocycles. The zero-order valence-electron chi connectivity index (χ0n) is 14.2. The van der Waals surface area contributed by atoms with E-state index in [0.717, 1.165) is 28.0 Å². The molecule has 4 heteroatoms. The SMILES string of the molecule is CCOC(=O)c1c(C)n(-c2ccccc2)c2ccc(OCC)cc12. The van der Waals surface area contributed by atoms with Crippen molar-refractivity contribution in [2.45, 2.75) is 20.8 Å². The summed E-state index contributed by atoms with van der Waals surface area (Å²) < 4.78 is 13.0. The molecule has 0 aliphatic carbocycles. The predicted octanol–water partition coefficient (Wildman–Crippen LogP) is 4.51. The summed E-state index contributed by atoms with van der Waals surface area (Å²) in [6.45, 7) is 6.63. The van der Waals surface area contributed by atoms with E-state index in [4.69, 9.17) is 9.47 Å². The molecule has 24 heavy (non-hydrogen) atoms. The molecule has 2 aromatic carbocycles. The summed E-state index contributed by atoms with van der Waals surface area (Å²) in [7, 11) is 0. The van der Waals surface area contributed by atoms with Crippen LogP contribution in [0.15, 0.2) is 48.5 Å². The summed E-state index contributed by atoms with van der Waals surface area (Å²) in [5.41, 5.74) is 3.44. The molecule has 0 bridgehead atoms. The van der Waals surface area contributed by atoms with Crippen LogP contribution in [0.4, 0.5) is 0 Å². The molecule has 0 N–H and O–H groups in total. The summed E-state index contributed by atoms with van der Waals surface area (Å²) in [6, 6.07) is 15.8. The van der Waals surface area contributed by atoms with Crippen molar-refractivity contribution in [2.75, 3.05) is 13.2 Å². The maximum Gasteiger partial charge on any atom is 0.340 e. The number of ether oxygens (including phenoxy) is 2. The Morgan fingerprint density at radius 1 is 1.04 bits per heavy atom. The normalized spacial score (nSPS) is 10.8. The van der Waals surface area contributed by atoms with E-state index in [1.165, 1.54) is 0 Å². The number of aromatic nitrogens is 1. The number of hydrogen-bond donors (Lipinski definition) is 0. The van der Waals surface area contributed by atoms with Crippen LogP contribution in [0, 0.1) is 6.92 Å². The second-order valence-corrected chi connectivity index (χ2v) is 5.46. The van der Waals surface area contributed by atoms with Gasteiger partial charge in [-0.15, -0.1) is 0 Å². The highest BCUT2D eigenvalue weighted by Gasteiger charge is 2.22. The number of esters is 1. The van der Waals surface area contributed by atoms with E-state index < -0.39 is 0 Å². The molecular weight excluding hydrogens is 302 g/mol. The Morgan fingerprint density at radius 3 is 2.46 bits per heavy atom. The van der Waals surface area contributed by atoms with Crippen molar-refractivity contribution >= 4 is 16.9 Å². The second-order valence-electron chi connectivity index (χ2n) is 5.46. The summed E-state index contributed by atoms with van der Waals surface area (Å²) in [5.74, 6) is 0.448. The Balaban J connectivity index is 2.29. The number of carbonyl (C=O) groups excluding carboxylic acids is 1. The fourth-order valence-corrected chi connectivity index (χ4v) is 3.02. The minimum absolute atomic E-state index is 0.302. The molecule has 0 aliphatic heterocycles. The van der Waals surface area contributed by atoms with Crippen LogP contribution in [0.5, 0.6) is 5.75 Å². The van der Waals surface area contributed by atoms with E-state index in [1.807, 2.05) is 69.3 Å². The molecule has 3 aromatic rings. The van der Waals surface area contributed by atoms with Crippen LogP contribution in [0.1, 0.15) is 29.9 Å². The van der Waals surface area contributed by atoms with E-state index in [9.17, 15) is 4.79 Å². The largest absolute Gasteiger partial charge is 0.494 e. The lowest BCUT2D eigenvalue weighted by atomic mass is 10.1. The van der Waals surface area contributed by atoms with Gasteiger partial charge in [-0.1, -0.05) is 18.2 Å². The number of carbonyl (C=O) groups is 1. The van der Waals surface area contributed by atoms with Gasteiger partial charge in [-0.05, 0) is 51.1 Å². The van der Waals surface area contributed by atoms with E-state index in [0.29, 0.717) is 18.8 Å². The van der Waals surface area contributed by atoms with E-state index in [-0.39, 0.29) is 5.97 Å². The molecule has 0 unspecified atom stereocenters. The molecule has 1 aromatic heterocycles. The third-order valence-corrected chi connectivity index (χ3v) is 3.98. The standard InChI is InChI=1S/C20H21NO3/c1-4-23-16-11-12-18-17(13-16)19(20(22)24-5-2)14(3)21(18)15-9-7-6-8-10-15/h6-13H,4-5H2,1-3H3. The predicted molar refractivity (Wildman–Crippen MR) is 95.1 cm³/mol. The molecule has 0 amide bonds. The average Bonchev–Trinajstić information content (AvgIpc) is 2.87. The quantitative estimate of drug-likeness (QED) is 0.648. The maximum absolute atomic E-state index is 12.5. The number of fused-ring (bicyclic) bond motifs is 1. The molecule has 0 radical (unpaired) electrons. The molecule has 4 nitrogen and oxygen atoms in total. The van der Waals surface area contributed by atoms with Gasteiger partial charge in [0.1, 0.15) is 5.75 Å². The van der Waals surface area contributed by atoms with Crippen molar-refractivity contribution in [2.24, 2.45) is 0 Å². The van der Waals surface area contributed by atoms with E-state index in [2.05, 4.69) is 4.57 Å². The minimum Gasteiger partial charge on any atom is -0.494 e. The van der Waals surface area contributed by atoms with Crippen molar-refractivity contribution in [3.63, 3.8) is 0 Å². The highest BCUT2D eigenvalue weighted by molar-refractivity contribution is 6.07. The van der Waals surface area contributed by atoms with E-state index >= 15 is 0 Å². The van der Waals surface area contributed by atoms with Crippen LogP contribution < -0.4 is 4.74 Å². The van der Waals surface area contributed by atoms with Gasteiger partial charge in [0.2, 0.25) is 0 Å². The first-order chi connectivity index (χ1) is 11.7. The van der Waals surface area contributed by atoms with Crippen molar-refractivity contribution in [3.8, 4) is 11.4 Å². The summed E-state index contributed by atoms with van der Waals surface area (Å²) >= 11 is 0. The van der Waals surface area contributed by atoms with Crippen molar-refractivity contribution < 1.29 is 14.3 Å². The first-order valence-electron chi connectivity index (χ1n) is 8.17. The zero-order valence-corrected chi connectivity index (χ0v) is 14.2. The monoisotopic (exact) mass is 323 g/mol. The summed E-state index contributed by atoms with van der Waals surface area (Å²) in [4.78, 5) is 12.5.